The van der Waals surface area contributed by atoms with Crippen LogP contribution in [0.25, 0.3) is 0 Å². The van der Waals surface area contributed by atoms with E-state index in [4.69, 9.17) is 24.2 Å². The minimum absolute atomic E-state index is 0.358. The van der Waals surface area contributed by atoms with Crippen LogP contribution in [0.2, 0.25) is 0 Å². The van der Waals surface area contributed by atoms with Gasteiger partial charge in [-0.15, -0.1) is 0 Å². The van der Waals surface area contributed by atoms with Gasteiger partial charge in [-0.2, -0.15) is 5.26 Å². The molecular formula is C20H26N2O4. The number of nitriles is 1. The van der Waals surface area contributed by atoms with Gasteiger partial charge in [-0.25, -0.2) is 0 Å². The molecule has 1 aromatic rings. The summed E-state index contributed by atoms with van der Waals surface area (Å²) in [7, 11) is 4.89. The number of hydrogen-bond donors (Lipinski definition) is 1. The number of rotatable bonds is 7. The van der Waals surface area contributed by atoms with E-state index in [2.05, 4.69) is 17.5 Å². The van der Waals surface area contributed by atoms with Gasteiger partial charge in [-0.05, 0) is 43.4 Å². The first-order chi connectivity index (χ1) is 12.7. The van der Waals surface area contributed by atoms with Gasteiger partial charge in [-0.1, -0.05) is 6.08 Å². The molecule has 3 unspecified atom stereocenters. The largest absolute Gasteiger partial charge is 0.497 e. The second kappa shape index (κ2) is 8.19. The van der Waals surface area contributed by atoms with E-state index in [0.29, 0.717) is 12.5 Å². The van der Waals surface area contributed by atoms with Crippen LogP contribution in [0.5, 0.6) is 5.75 Å². The molecular weight excluding hydrogens is 332 g/mol. The first-order valence-electron chi connectivity index (χ1n) is 8.91. The number of methoxy groups -OCH3 is 3. The van der Waals surface area contributed by atoms with Gasteiger partial charge >= 0.3 is 0 Å². The fourth-order valence-electron chi connectivity index (χ4n) is 3.72. The van der Waals surface area contributed by atoms with Gasteiger partial charge < -0.3 is 24.3 Å². The molecule has 0 amide bonds. The highest BCUT2D eigenvalue weighted by Crippen LogP contribution is 2.45. The second-order valence-electron chi connectivity index (χ2n) is 6.68. The maximum absolute atomic E-state index is 9.10. The molecule has 26 heavy (non-hydrogen) atoms. The van der Waals surface area contributed by atoms with Crippen LogP contribution in [0.1, 0.15) is 36.7 Å². The Balaban J connectivity index is 1.74. The quantitative estimate of drug-likeness (QED) is 0.808. The summed E-state index contributed by atoms with van der Waals surface area (Å²) in [4.78, 5) is 0. The molecule has 6 nitrogen and oxygen atoms in total. The summed E-state index contributed by atoms with van der Waals surface area (Å²) in [5.41, 5.74) is 2.74. The van der Waals surface area contributed by atoms with Gasteiger partial charge in [-0.3, -0.25) is 0 Å². The SMILES string of the molecule is COc1ccc2c(c1)C(CNCC1C=C(C#N)CCC1)(OC)OC2OC. The summed E-state index contributed by atoms with van der Waals surface area (Å²) in [6.07, 6.45) is 4.65. The molecule has 0 spiro atoms. The predicted octanol–water partition coefficient (Wildman–Crippen LogP) is 3.01. The van der Waals surface area contributed by atoms with Crippen LogP contribution in [0.4, 0.5) is 0 Å². The van der Waals surface area contributed by atoms with E-state index in [1.165, 1.54) is 0 Å². The molecule has 0 radical (unpaired) electrons. The number of hydrogen-bond acceptors (Lipinski definition) is 6. The van der Waals surface area contributed by atoms with Crippen LogP contribution in [0, 0.1) is 17.2 Å². The second-order valence-corrected chi connectivity index (χ2v) is 6.68. The predicted molar refractivity (Wildman–Crippen MR) is 96.4 cm³/mol. The molecule has 1 heterocycles. The lowest BCUT2D eigenvalue weighted by Gasteiger charge is -2.30. The van der Waals surface area contributed by atoms with Crippen molar-refractivity contribution in [2.75, 3.05) is 34.4 Å². The van der Waals surface area contributed by atoms with Crippen LogP contribution in [0.15, 0.2) is 29.8 Å². The Labute approximate surface area is 154 Å². The van der Waals surface area contributed by atoms with Gasteiger partial charge in [0.1, 0.15) is 5.75 Å². The van der Waals surface area contributed by atoms with Gasteiger partial charge in [0.2, 0.25) is 5.79 Å². The van der Waals surface area contributed by atoms with Crippen molar-refractivity contribution in [2.45, 2.75) is 31.3 Å². The Kier molecular flexibility index (Phi) is 5.94. The number of fused-ring (bicyclic) bond motifs is 1. The maximum atomic E-state index is 9.10. The number of ether oxygens (including phenoxy) is 4. The molecule has 6 heteroatoms. The van der Waals surface area contributed by atoms with Gasteiger partial charge in [0, 0.05) is 37.5 Å². The normalized spacial score (nSPS) is 27.5. The molecule has 0 saturated carbocycles. The first-order valence-corrected chi connectivity index (χ1v) is 8.91. The highest BCUT2D eigenvalue weighted by atomic mass is 16.8. The van der Waals surface area contributed by atoms with Crippen LogP contribution in [-0.2, 0) is 20.0 Å². The Morgan fingerprint density at radius 1 is 1.35 bits per heavy atom. The zero-order chi connectivity index (χ0) is 18.6. The van der Waals surface area contributed by atoms with E-state index in [1.807, 2.05) is 18.2 Å². The van der Waals surface area contributed by atoms with Gasteiger partial charge in [0.25, 0.3) is 0 Å². The van der Waals surface area contributed by atoms with Crippen molar-refractivity contribution in [3.05, 3.63) is 41.0 Å². The molecule has 2 aliphatic rings. The molecule has 1 aliphatic heterocycles. The first kappa shape index (κ1) is 18.9. The van der Waals surface area contributed by atoms with E-state index in [1.54, 1.807) is 21.3 Å². The third kappa shape index (κ3) is 3.62. The van der Waals surface area contributed by atoms with Crippen LogP contribution in [0.3, 0.4) is 0 Å². The maximum Gasteiger partial charge on any atom is 0.211 e. The molecule has 0 bridgehead atoms. The van der Waals surface area contributed by atoms with Crippen molar-refractivity contribution in [3.8, 4) is 11.8 Å². The molecule has 0 fully saturated rings. The number of allylic oxidation sites excluding steroid dienone is 1. The van der Waals surface area contributed by atoms with Crippen molar-refractivity contribution in [3.63, 3.8) is 0 Å². The standard InChI is InChI=1S/C20H26N2O4/c1-23-16-7-8-17-18(10-16)20(25-3,26-19(17)24-2)13-22-12-15-6-4-5-14(9-15)11-21/h7-10,15,19,22H,4-6,12-13H2,1-3H3. The fourth-order valence-corrected chi connectivity index (χ4v) is 3.72. The summed E-state index contributed by atoms with van der Waals surface area (Å²) in [5, 5.41) is 12.6. The fraction of sp³-hybridized carbons (Fsp3) is 0.550. The lowest BCUT2D eigenvalue weighted by molar-refractivity contribution is -0.286. The summed E-state index contributed by atoms with van der Waals surface area (Å²) < 4.78 is 22.8. The van der Waals surface area contributed by atoms with Crippen LogP contribution in [-0.4, -0.2) is 34.4 Å². The summed E-state index contributed by atoms with van der Waals surface area (Å²) in [6.45, 7) is 1.26. The molecule has 0 aromatic heterocycles. The number of benzene rings is 1. The van der Waals surface area contributed by atoms with E-state index < -0.39 is 12.1 Å². The Bertz CT molecular complexity index is 712. The number of nitrogens with zero attached hydrogens (tertiary/aromatic N) is 1. The average Bonchev–Trinajstić information content (AvgIpc) is 3.01. The summed E-state index contributed by atoms with van der Waals surface area (Å²) in [5.74, 6) is 0.178. The minimum atomic E-state index is -0.930. The topological polar surface area (TPSA) is 72.7 Å². The smallest absolute Gasteiger partial charge is 0.211 e. The lowest BCUT2D eigenvalue weighted by Crippen LogP contribution is -2.41. The lowest BCUT2D eigenvalue weighted by atomic mass is 9.91. The van der Waals surface area contributed by atoms with E-state index in [0.717, 1.165) is 48.3 Å². The zero-order valence-corrected chi connectivity index (χ0v) is 15.6. The van der Waals surface area contributed by atoms with E-state index in [9.17, 15) is 0 Å². The Morgan fingerprint density at radius 2 is 2.19 bits per heavy atom. The Hall–Kier alpha value is -1.91. The third-order valence-corrected chi connectivity index (χ3v) is 5.13. The van der Waals surface area contributed by atoms with Gasteiger partial charge in [0.15, 0.2) is 6.29 Å². The average molecular weight is 358 g/mol. The highest BCUT2D eigenvalue weighted by Gasteiger charge is 2.46. The van der Waals surface area contributed by atoms with Crippen molar-refractivity contribution >= 4 is 0 Å². The van der Waals surface area contributed by atoms with Crippen molar-refractivity contribution < 1.29 is 18.9 Å². The van der Waals surface area contributed by atoms with E-state index in [-0.39, 0.29) is 0 Å². The van der Waals surface area contributed by atoms with Gasteiger partial charge in [0.05, 0.1) is 19.7 Å². The summed E-state index contributed by atoms with van der Waals surface area (Å²) >= 11 is 0. The highest BCUT2D eigenvalue weighted by molar-refractivity contribution is 5.42. The molecule has 1 aliphatic carbocycles. The summed E-state index contributed by atoms with van der Waals surface area (Å²) in [6, 6.07) is 8.06. The van der Waals surface area contributed by atoms with Crippen molar-refractivity contribution in [1.29, 1.82) is 5.26 Å². The molecule has 3 atom stereocenters. The minimum Gasteiger partial charge on any atom is -0.497 e. The zero-order valence-electron chi connectivity index (χ0n) is 15.6. The van der Waals surface area contributed by atoms with Crippen molar-refractivity contribution in [2.24, 2.45) is 5.92 Å². The Morgan fingerprint density at radius 3 is 2.88 bits per heavy atom. The van der Waals surface area contributed by atoms with Crippen molar-refractivity contribution in [1.82, 2.24) is 5.32 Å². The van der Waals surface area contributed by atoms with Crippen LogP contribution >= 0.6 is 0 Å². The molecule has 1 N–H and O–H groups in total. The number of nitrogens with one attached hydrogen (secondary N) is 1. The van der Waals surface area contributed by atoms with E-state index >= 15 is 0 Å². The third-order valence-electron chi connectivity index (χ3n) is 5.13. The molecule has 0 saturated heterocycles. The molecule has 1 aromatic carbocycles. The molecule has 3 rings (SSSR count). The monoisotopic (exact) mass is 358 g/mol. The van der Waals surface area contributed by atoms with Crippen LogP contribution < -0.4 is 10.1 Å². The molecule has 140 valence electrons.